The minimum atomic E-state index is -3.90. The van der Waals surface area contributed by atoms with Crippen LogP contribution in [0, 0.1) is 0 Å². The van der Waals surface area contributed by atoms with E-state index in [1.165, 1.54) is 4.31 Å². The second kappa shape index (κ2) is 19.1. The third-order valence-corrected chi connectivity index (χ3v) is 13.8. The smallest absolute Gasteiger partial charge is 0.445 e. The molecule has 2 heterocycles. The van der Waals surface area contributed by atoms with E-state index < -0.39 is 53.8 Å². The highest BCUT2D eigenvalue weighted by atomic mass is 35.5. The van der Waals surface area contributed by atoms with Gasteiger partial charge in [-0.1, -0.05) is 92.4 Å². The van der Waals surface area contributed by atoms with Crippen LogP contribution < -0.4 is 10.1 Å². The van der Waals surface area contributed by atoms with Crippen molar-refractivity contribution in [3.63, 3.8) is 0 Å². The van der Waals surface area contributed by atoms with Crippen molar-refractivity contribution in [1.29, 1.82) is 0 Å². The Hall–Kier alpha value is -3.95. The molecular weight excluding hydrogens is 750 g/mol. The summed E-state index contributed by atoms with van der Waals surface area (Å²) in [6, 6.07) is 24.0. The van der Waals surface area contributed by atoms with E-state index >= 15 is 0 Å². The average molecular weight is 800 g/mol. The molecule has 5 rings (SSSR count). The highest BCUT2D eigenvalue weighted by Gasteiger charge is 2.51. The molecule has 2 bridgehead atoms. The van der Waals surface area contributed by atoms with Crippen LogP contribution in [0.1, 0.15) is 29.5 Å². The summed E-state index contributed by atoms with van der Waals surface area (Å²) in [6.07, 6.45) is -0.494. The minimum Gasteiger partial charge on any atom is -0.445 e. The molecule has 54 heavy (non-hydrogen) atoms. The van der Waals surface area contributed by atoms with Gasteiger partial charge in [0.05, 0.1) is 36.4 Å². The number of carbonyl (C=O) groups is 3. The van der Waals surface area contributed by atoms with Gasteiger partial charge in [-0.15, -0.1) is 11.6 Å². The number of hydrogen-bond donors (Lipinski definition) is 1. The van der Waals surface area contributed by atoms with Gasteiger partial charge in [0.2, 0.25) is 15.9 Å². The van der Waals surface area contributed by atoms with Crippen LogP contribution in [0.25, 0.3) is 0 Å². The van der Waals surface area contributed by atoms with Crippen LogP contribution in [-0.2, 0) is 48.7 Å². The minimum absolute atomic E-state index is 0.0742. The molecule has 3 aromatic rings. The Morgan fingerprint density at radius 1 is 0.889 bits per heavy atom. The Labute approximate surface area is 324 Å². The fourth-order valence-electron chi connectivity index (χ4n) is 6.45. The van der Waals surface area contributed by atoms with E-state index in [1.807, 2.05) is 72.8 Å². The fraction of sp³-hybridized carbons (Fsp3) is 0.462. The molecular formula is C39H50ClN3O9SSi. The zero-order valence-corrected chi connectivity index (χ0v) is 33.6. The molecule has 0 aliphatic carbocycles. The number of sulfonamides is 1. The summed E-state index contributed by atoms with van der Waals surface area (Å²) in [7, 11) is -5.65. The lowest BCUT2D eigenvalue weighted by Crippen LogP contribution is -2.69. The van der Waals surface area contributed by atoms with Crippen molar-refractivity contribution in [1.82, 2.24) is 14.5 Å². The molecule has 2 saturated heterocycles. The second-order valence-electron chi connectivity index (χ2n) is 14.8. The van der Waals surface area contributed by atoms with Gasteiger partial charge in [-0.05, 0) is 54.1 Å². The summed E-state index contributed by atoms with van der Waals surface area (Å²) in [5.41, 5.74) is 2.55. The molecule has 4 atom stereocenters. The van der Waals surface area contributed by atoms with Gasteiger partial charge >= 0.3 is 12.2 Å². The molecule has 12 nitrogen and oxygen atoms in total. The first-order valence-corrected chi connectivity index (χ1v) is 24.0. The molecule has 0 saturated carbocycles. The van der Waals surface area contributed by atoms with Gasteiger partial charge in [0.15, 0.2) is 0 Å². The monoisotopic (exact) mass is 799 g/mol. The molecule has 15 heteroatoms. The molecule has 292 valence electrons. The maximum absolute atomic E-state index is 14.4. The van der Waals surface area contributed by atoms with Crippen LogP contribution in [0.5, 0.6) is 5.75 Å². The van der Waals surface area contributed by atoms with Crippen molar-refractivity contribution in [2.75, 3.05) is 32.1 Å². The normalized spacial score (nSPS) is 20.7. The van der Waals surface area contributed by atoms with Crippen molar-refractivity contribution in [3.8, 4) is 5.75 Å². The lowest BCUT2D eigenvalue weighted by molar-refractivity contribution is -0.148. The number of alkyl carbamates (subject to hydrolysis) is 1. The van der Waals surface area contributed by atoms with Crippen LogP contribution in [0.15, 0.2) is 84.9 Å². The molecule has 2 aliphatic heterocycles. The summed E-state index contributed by atoms with van der Waals surface area (Å²) in [6.45, 7) is 7.17. The van der Waals surface area contributed by atoms with E-state index in [4.69, 9.17) is 30.5 Å². The van der Waals surface area contributed by atoms with Gasteiger partial charge in [0, 0.05) is 21.2 Å². The number of alkyl halides is 1. The Morgan fingerprint density at radius 3 is 2.15 bits per heavy atom. The maximum atomic E-state index is 14.4. The number of fused-ring (bicyclic) bond motifs is 2. The number of benzene rings is 3. The van der Waals surface area contributed by atoms with E-state index in [0.717, 1.165) is 16.7 Å². The molecule has 2 amide bonds. The molecule has 0 unspecified atom stereocenters. The number of halogens is 1. The fourth-order valence-corrected chi connectivity index (χ4v) is 11.7. The maximum Gasteiger partial charge on any atom is 0.514 e. The van der Waals surface area contributed by atoms with Crippen molar-refractivity contribution in [2.24, 2.45) is 0 Å². The largest absolute Gasteiger partial charge is 0.514 e. The third kappa shape index (κ3) is 12.0. The van der Waals surface area contributed by atoms with Crippen LogP contribution in [0.4, 0.5) is 9.59 Å². The standard InChI is InChI=1S/C39H50ClN3O9SSi/c1-54(2,3)22-21-53(47,48)43-35(15-10-20-41-38(45)50-25-30-11-6-4-7-12-30)37(44)42-24-36(43)34(40)28-49-27-32(42)23-29-16-18-33(19-17-29)52-39(46)51-26-31-13-8-5-9-14-31/h4-9,11-14,16-19,32,34-36H,10,15,20-28H2,1-3H3,(H,41,45)/t32-,34-,35+,36-/m0/s1. The first-order chi connectivity index (χ1) is 25.8. The zero-order chi connectivity index (χ0) is 38.7. The Kier molecular flexibility index (Phi) is 14.6. The molecule has 1 N–H and O–H groups in total. The molecule has 3 aromatic carbocycles. The van der Waals surface area contributed by atoms with E-state index in [2.05, 4.69) is 25.0 Å². The summed E-state index contributed by atoms with van der Waals surface area (Å²) in [4.78, 5) is 40.9. The lowest BCUT2D eigenvalue weighted by atomic mass is 9.96. The molecule has 0 radical (unpaired) electrons. The van der Waals surface area contributed by atoms with E-state index in [9.17, 15) is 22.8 Å². The summed E-state index contributed by atoms with van der Waals surface area (Å²) in [5.74, 6) is -0.0913. The third-order valence-electron chi connectivity index (χ3n) is 9.39. The summed E-state index contributed by atoms with van der Waals surface area (Å²) >= 11 is 6.89. The number of rotatable bonds is 15. The average Bonchev–Trinajstić information content (AvgIpc) is 3.14. The van der Waals surface area contributed by atoms with Crippen LogP contribution >= 0.6 is 11.6 Å². The van der Waals surface area contributed by atoms with E-state index in [1.54, 1.807) is 17.0 Å². The second-order valence-corrected chi connectivity index (χ2v) is 23.0. The number of nitrogens with one attached hydrogen (secondary N) is 1. The SMILES string of the molecule is C[Si](C)(C)CCS(=O)(=O)N1[C@H](CCCNC(=O)OCc2ccccc2)C(=O)N2C[C@H]1[C@@H](Cl)COC[C@@H]2Cc1ccc(OC(=O)OCc2ccccc2)cc1. The van der Waals surface area contributed by atoms with Gasteiger partial charge in [-0.3, -0.25) is 4.79 Å². The van der Waals surface area contributed by atoms with Crippen molar-refractivity contribution < 1.29 is 41.7 Å². The highest BCUT2D eigenvalue weighted by Crippen LogP contribution is 2.33. The molecule has 2 aliphatic rings. The highest BCUT2D eigenvalue weighted by molar-refractivity contribution is 7.89. The van der Waals surface area contributed by atoms with E-state index in [-0.39, 0.29) is 57.6 Å². The van der Waals surface area contributed by atoms with Gasteiger partial charge in [-0.25, -0.2) is 18.0 Å². The van der Waals surface area contributed by atoms with Crippen molar-refractivity contribution in [2.45, 2.75) is 81.7 Å². The number of hydrogen-bond acceptors (Lipinski definition) is 9. The van der Waals surface area contributed by atoms with E-state index in [0.29, 0.717) is 24.6 Å². The predicted octanol–water partition coefficient (Wildman–Crippen LogP) is 6.21. The van der Waals surface area contributed by atoms with Crippen LogP contribution in [0.2, 0.25) is 25.7 Å². The topological polar surface area (TPSA) is 141 Å². The van der Waals surface area contributed by atoms with Gasteiger partial charge in [-0.2, -0.15) is 4.31 Å². The van der Waals surface area contributed by atoms with Crippen LogP contribution in [0.3, 0.4) is 0 Å². The Morgan fingerprint density at radius 2 is 1.52 bits per heavy atom. The first kappa shape index (κ1) is 41.2. The molecule has 0 aromatic heterocycles. The zero-order valence-electron chi connectivity index (χ0n) is 31.0. The summed E-state index contributed by atoms with van der Waals surface area (Å²) < 4.78 is 51.5. The Balaban J connectivity index is 1.26. The molecule has 2 fully saturated rings. The van der Waals surface area contributed by atoms with Crippen LogP contribution in [-0.4, -0.2) is 99.4 Å². The number of amides is 2. The number of carbonyl (C=O) groups excluding carboxylic acids is 3. The van der Waals surface area contributed by atoms with Gasteiger partial charge in [0.1, 0.15) is 25.0 Å². The number of piperazine rings is 1. The first-order valence-electron chi connectivity index (χ1n) is 18.2. The van der Waals surface area contributed by atoms with Crippen molar-refractivity contribution in [3.05, 3.63) is 102 Å². The predicted molar refractivity (Wildman–Crippen MR) is 209 cm³/mol. The number of nitrogens with zero attached hydrogens (tertiary/aromatic N) is 2. The van der Waals surface area contributed by atoms with Gasteiger partial charge < -0.3 is 29.2 Å². The quantitative estimate of drug-likeness (QED) is 0.0625. The summed E-state index contributed by atoms with van der Waals surface area (Å²) in [5, 5.41) is 2.04. The molecule has 0 spiro atoms. The van der Waals surface area contributed by atoms with Crippen molar-refractivity contribution >= 4 is 47.9 Å². The van der Waals surface area contributed by atoms with Gasteiger partial charge in [0.25, 0.3) is 0 Å². The number of ether oxygens (including phenoxy) is 4. The Bertz CT molecular complexity index is 1800. The lowest BCUT2D eigenvalue weighted by Gasteiger charge is -2.50.